The molecule has 1 unspecified atom stereocenters. The van der Waals surface area contributed by atoms with Crippen molar-refractivity contribution in [2.45, 2.75) is 19.8 Å². The summed E-state index contributed by atoms with van der Waals surface area (Å²) in [6.45, 7) is 2.00. The molecule has 110 valence electrons. The van der Waals surface area contributed by atoms with Gasteiger partial charge < -0.3 is 11.1 Å². The molecule has 4 nitrogen and oxygen atoms in total. The largest absolute Gasteiger partial charge is 0.393 e. The van der Waals surface area contributed by atoms with Gasteiger partial charge in [0.2, 0.25) is 5.91 Å². The van der Waals surface area contributed by atoms with Gasteiger partial charge in [-0.15, -0.1) is 0 Å². The van der Waals surface area contributed by atoms with E-state index in [2.05, 4.69) is 26.2 Å². The summed E-state index contributed by atoms with van der Waals surface area (Å²) in [4.78, 5) is 16.9. The monoisotopic (exact) mass is 365 g/mol. The summed E-state index contributed by atoms with van der Waals surface area (Å²) in [5, 5.41) is 3.84. The average molecular weight is 366 g/mol. The van der Waals surface area contributed by atoms with Crippen LogP contribution in [0.4, 0.5) is 5.69 Å². The van der Waals surface area contributed by atoms with Gasteiger partial charge in [0.15, 0.2) is 0 Å². The SMILES string of the molecule is CCCC(C(=O)Nc1cccc2cc(Br)cnc12)C(N)=S. The number of aromatic nitrogens is 1. The second-order valence-corrected chi connectivity index (χ2v) is 6.15. The molecule has 1 aromatic carbocycles. The molecule has 0 spiro atoms. The number of nitrogens with zero attached hydrogens (tertiary/aromatic N) is 1. The van der Waals surface area contributed by atoms with Crippen LogP contribution in [0, 0.1) is 5.92 Å². The number of benzene rings is 1. The van der Waals surface area contributed by atoms with E-state index in [0.717, 1.165) is 21.8 Å². The van der Waals surface area contributed by atoms with Crippen molar-refractivity contribution in [3.8, 4) is 0 Å². The van der Waals surface area contributed by atoms with Crippen molar-refractivity contribution in [3.05, 3.63) is 34.9 Å². The normalized spacial score (nSPS) is 12.1. The van der Waals surface area contributed by atoms with E-state index in [0.29, 0.717) is 12.1 Å². The third-order valence-corrected chi connectivity index (χ3v) is 3.89. The molecule has 1 aromatic heterocycles. The standard InChI is InChI=1S/C15H16BrN3OS/c1-2-4-11(14(17)21)15(20)19-12-6-3-5-9-7-10(16)8-18-13(9)12/h3,5-8,11H,2,4H2,1H3,(H2,17,21)(H,19,20). The topological polar surface area (TPSA) is 68.0 Å². The Balaban J connectivity index is 2.31. The smallest absolute Gasteiger partial charge is 0.234 e. The number of halogens is 1. The van der Waals surface area contributed by atoms with Crippen molar-refractivity contribution in [2.24, 2.45) is 11.7 Å². The van der Waals surface area contributed by atoms with E-state index in [1.54, 1.807) is 6.20 Å². The number of pyridine rings is 1. The maximum Gasteiger partial charge on any atom is 0.234 e. The van der Waals surface area contributed by atoms with Crippen LogP contribution in [0.2, 0.25) is 0 Å². The highest BCUT2D eigenvalue weighted by Crippen LogP contribution is 2.24. The van der Waals surface area contributed by atoms with Crippen LogP contribution >= 0.6 is 28.1 Å². The zero-order valence-electron chi connectivity index (χ0n) is 11.6. The van der Waals surface area contributed by atoms with Crippen LogP contribution in [-0.2, 0) is 4.79 Å². The third-order valence-electron chi connectivity index (χ3n) is 3.17. The van der Waals surface area contributed by atoms with E-state index < -0.39 is 5.92 Å². The Bertz CT molecular complexity index is 690. The molecule has 1 amide bonds. The summed E-state index contributed by atoms with van der Waals surface area (Å²) in [7, 11) is 0. The number of nitrogens with one attached hydrogen (secondary N) is 1. The Hall–Kier alpha value is -1.53. The van der Waals surface area contributed by atoms with Crippen LogP contribution in [0.25, 0.3) is 10.9 Å². The van der Waals surface area contributed by atoms with E-state index in [-0.39, 0.29) is 10.9 Å². The number of para-hydroxylation sites is 1. The first-order valence-corrected chi connectivity index (χ1v) is 7.87. The van der Waals surface area contributed by atoms with Gasteiger partial charge in [0.1, 0.15) is 0 Å². The minimum atomic E-state index is -0.448. The van der Waals surface area contributed by atoms with E-state index in [1.165, 1.54) is 0 Å². The fraction of sp³-hybridized carbons (Fsp3) is 0.267. The number of thiocarbonyl (C=S) groups is 1. The molecule has 0 aliphatic heterocycles. The second kappa shape index (κ2) is 6.95. The van der Waals surface area contributed by atoms with Gasteiger partial charge in [0.05, 0.1) is 22.1 Å². The zero-order valence-corrected chi connectivity index (χ0v) is 14.0. The Labute approximate surface area is 137 Å². The molecule has 0 radical (unpaired) electrons. The van der Waals surface area contributed by atoms with Crippen molar-refractivity contribution in [2.75, 3.05) is 5.32 Å². The summed E-state index contributed by atoms with van der Waals surface area (Å²) in [5.74, 6) is -0.628. The molecule has 6 heteroatoms. The number of carbonyl (C=O) groups is 1. The van der Waals surface area contributed by atoms with Crippen LogP contribution in [-0.4, -0.2) is 15.9 Å². The number of amides is 1. The molecule has 0 saturated heterocycles. The maximum atomic E-state index is 12.3. The summed E-state index contributed by atoms with van der Waals surface area (Å²) in [6.07, 6.45) is 3.19. The van der Waals surface area contributed by atoms with Crippen LogP contribution in [0.5, 0.6) is 0 Å². The first-order chi connectivity index (χ1) is 10.0. The van der Waals surface area contributed by atoms with Gasteiger partial charge in [-0.25, -0.2) is 0 Å². The molecule has 3 N–H and O–H groups in total. The average Bonchev–Trinajstić information content (AvgIpc) is 2.44. The lowest BCUT2D eigenvalue weighted by molar-refractivity contribution is -0.118. The summed E-state index contributed by atoms with van der Waals surface area (Å²) in [6, 6.07) is 7.60. The molecular formula is C15H16BrN3OS. The van der Waals surface area contributed by atoms with E-state index in [4.69, 9.17) is 18.0 Å². The van der Waals surface area contributed by atoms with Crippen LogP contribution in [0.15, 0.2) is 34.9 Å². The molecule has 2 rings (SSSR count). The number of fused-ring (bicyclic) bond motifs is 1. The predicted molar refractivity (Wildman–Crippen MR) is 93.3 cm³/mol. The lowest BCUT2D eigenvalue weighted by atomic mass is 10.0. The highest BCUT2D eigenvalue weighted by atomic mass is 79.9. The minimum absolute atomic E-state index is 0.179. The van der Waals surface area contributed by atoms with Crippen molar-refractivity contribution in [3.63, 3.8) is 0 Å². The first kappa shape index (κ1) is 15.9. The minimum Gasteiger partial charge on any atom is -0.393 e. The van der Waals surface area contributed by atoms with Crippen molar-refractivity contribution >= 4 is 55.6 Å². The molecule has 0 fully saturated rings. The van der Waals surface area contributed by atoms with Gasteiger partial charge in [-0.05, 0) is 34.5 Å². The number of nitrogens with two attached hydrogens (primary N) is 1. The van der Waals surface area contributed by atoms with E-state index >= 15 is 0 Å². The van der Waals surface area contributed by atoms with Crippen LogP contribution < -0.4 is 11.1 Å². The highest BCUT2D eigenvalue weighted by molar-refractivity contribution is 9.10. The molecule has 1 heterocycles. The van der Waals surface area contributed by atoms with Gasteiger partial charge in [-0.1, -0.05) is 37.7 Å². The quantitative estimate of drug-likeness (QED) is 0.793. The predicted octanol–water partition coefficient (Wildman–Crippen LogP) is 3.64. The van der Waals surface area contributed by atoms with Gasteiger partial charge in [-0.3, -0.25) is 9.78 Å². The number of hydrogen-bond donors (Lipinski definition) is 2. The summed E-state index contributed by atoms with van der Waals surface area (Å²) < 4.78 is 0.894. The van der Waals surface area contributed by atoms with Gasteiger partial charge >= 0.3 is 0 Å². The van der Waals surface area contributed by atoms with Crippen molar-refractivity contribution < 1.29 is 4.79 Å². The lowest BCUT2D eigenvalue weighted by Gasteiger charge is -2.15. The second-order valence-electron chi connectivity index (χ2n) is 4.76. The fourth-order valence-corrected chi connectivity index (χ4v) is 2.72. The molecule has 2 aromatic rings. The fourth-order valence-electron chi connectivity index (χ4n) is 2.15. The molecule has 0 saturated carbocycles. The molecule has 21 heavy (non-hydrogen) atoms. The highest BCUT2D eigenvalue weighted by Gasteiger charge is 2.21. The van der Waals surface area contributed by atoms with Gasteiger partial charge in [0.25, 0.3) is 0 Å². The number of hydrogen-bond acceptors (Lipinski definition) is 3. The third kappa shape index (κ3) is 3.77. The molecule has 0 aliphatic carbocycles. The van der Waals surface area contributed by atoms with E-state index in [9.17, 15) is 4.79 Å². The van der Waals surface area contributed by atoms with Gasteiger partial charge in [-0.2, -0.15) is 0 Å². The van der Waals surface area contributed by atoms with E-state index in [1.807, 2.05) is 31.2 Å². The Kier molecular flexibility index (Phi) is 5.25. The molecular weight excluding hydrogens is 350 g/mol. The summed E-state index contributed by atoms with van der Waals surface area (Å²) in [5.41, 5.74) is 7.07. The molecule has 1 atom stereocenters. The molecule has 0 aliphatic rings. The number of carbonyl (C=O) groups excluding carboxylic acids is 1. The Morgan fingerprint density at radius 1 is 1.52 bits per heavy atom. The van der Waals surface area contributed by atoms with Crippen LogP contribution in [0.1, 0.15) is 19.8 Å². The molecule has 0 bridgehead atoms. The summed E-state index contributed by atoms with van der Waals surface area (Å²) >= 11 is 8.37. The number of rotatable bonds is 5. The zero-order chi connectivity index (χ0) is 15.4. The first-order valence-electron chi connectivity index (χ1n) is 6.67. The lowest BCUT2D eigenvalue weighted by Crippen LogP contribution is -2.33. The Morgan fingerprint density at radius 3 is 2.95 bits per heavy atom. The maximum absolute atomic E-state index is 12.3. The Morgan fingerprint density at radius 2 is 2.29 bits per heavy atom. The van der Waals surface area contributed by atoms with Crippen LogP contribution in [0.3, 0.4) is 0 Å². The number of anilines is 1. The van der Waals surface area contributed by atoms with Gasteiger partial charge in [0, 0.05) is 16.1 Å². The van der Waals surface area contributed by atoms with Crippen molar-refractivity contribution in [1.29, 1.82) is 0 Å². The van der Waals surface area contributed by atoms with Crippen molar-refractivity contribution in [1.82, 2.24) is 4.98 Å².